The third-order valence-corrected chi connectivity index (χ3v) is 2.93. The van der Waals surface area contributed by atoms with Crippen LogP contribution in [0.25, 0.3) is 0 Å². The van der Waals surface area contributed by atoms with Gasteiger partial charge in [0, 0.05) is 24.2 Å². The predicted molar refractivity (Wildman–Crippen MR) is 62.2 cm³/mol. The van der Waals surface area contributed by atoms with Crippen LogP contribution in [0, 0.1) is 6.92 Å². The Hall–Kier alpha value is -0.730. The number of hydroxylamine groups is 2. The topological polar surface area (TPSA) is 12.5 Å². The van der Waals surface area contributed by atoms with Gasteiger partial charge in [0.1, 0.15) is 0 Å². The number of piperidine rings is 1. The normalized spacial score (nSPS) is 17.7. The van der Waals surface area contributed by atoms with Gasteiger partial charge in [0.25, 0.3) is 0 Å². The molecule has 0 radical (unpaired) electrons. The Balaban J connectivity index is 2.05. The van der Waals surface area contributed by atoms with Crippen molar-refractivity contribution in [1.29, 1.82) is 0 Å². The molecule has 2 nitrogen and oxygen atoms in total. The van der Waals surface area contributed by atoms with Crippen molar-refractivity contribution < 1.29 is 4.84 Å². The molecule has 1 aliphatic rings. The van der Waals surface area contributed by atoms with Gasteiger partial charge < -0.3 is 4.84 Å². The maximum absolute atomic E-state index is 5.94. The van der Waals surface area contributed by atoms with Gasteiger partial charge in [-0.3, -0.25) is 0 Å². The summed E-state index contributed by atoms with van der Waals surface area (Å²) in [5.74, 6) is 0.879. The van der Waals surface area contributed by atoms with Crippen LogP contribution in [-0.2, 0) is 0 Å². The van der Waals surface area contributed by atoms with E-state index in [1.807, 2.05) is 30.2 Å². The van der Waals surface area contributed by atoms with Gasteiger partial charge >= 0.3 is 0 Å². The molecule has 15 heavy (non-hydrogen) atoms. The molecule has 0 saturated carbocycles. The van der Waals surface area contributed by atoms with Crippen molar-refractivity contribution in [1.82, 2.24) is 5.06 Å². The van der Waals surface area contributed by atoms with Crippen molar-refractivity contribution in [3.8, 4) is 5.75 Å². The van der Waals surface area contributed by atoms with E-state index in [9.17, 15) is 0 Å². The summed E-state index contributed by atoms with van der Waals surface area (Å²) in [4.78, 5) is 5.82. The van der Waals surface area contributed by atoms with E-state index in [1.54, 1.807) is 0 Å². The lowest BCUT2D eigenvalue weighted by molar-refractivity contribution is -0.0725. The molecule has 82 valence electrons. The third-order valence-electron chi connectivity index (χ3n) is 2.69. The average Bonchev–Trinajstić information content (AvgIpc) is 2.25. The van der Waals surface area contributed by atoms with Crippen LogP contribution in [-0.4, -0.2) is 18.2 Å². The number of hydrogen-bond donors (Lipinski definition) is 0. The summed E-state index contributed by atoms with van der Waals surface area (Å²) >= 11 is 5.94. The number of aryl methyl sites for hydroxylation is 1. The number of hydrogen-bond acceptors (Lipinski definition) is 2. The number of halogens is 1. The van der Waals surface area contributed by atoms with E-state index >= 15 is 0 Å². The van der Waals surface area contributed by atoms with Crippen LogP contribution < -0.4 is 4.84 Å². The van der Waals surface area contributed by atoms with Gasteiger partial charge in [-0.05, 0) is 31.4 Å². The lowest BCUT2D eigenvalue weighted by atomic mass is 10.2. The quantitative estimate of drug-likeness (QED) is 0.765. The van der Waals surface area contributed by atoms with Crippen molar-refractivity contribution in [3.05, 3.63) is 28.8 Å². The Morgan fingerprint density at radius 3 is 2.67 bits per heavy atom. The van der Waals surface area contributed by atoms with Crippen LogP contribution in [0.3, 0.4) is 0 Å². The average molecular weight is 226 g/mol. The molecule has 1 saturated heterocycles. The van der Waals surface area contributed by atoms with E-state index in [4.69, 9.17) is 16.4 Å². The van der Waals surface area contributed by atoms with Crippen molar-refractivity contribution in [2.24, 2.45) is 0 Å². The van der Waals surface area contributed by atoms with Crippen molar-refractivity contribution in [2.45, 2.75) is 26.2 Å². The van der Waals surface area contributed by atoms with Crippen molar-refractivity contribution in [3.63, 3.8) is 0 Å². The van der Waals surface area contributed by atoms with Gasteiger partial charge in [-0.1, -0.05) is 24.1 Å². The molecule has 0 unspecified atom stereocenters. The molecule has 0 aromatic heterocycles. The molecule has 0 spiro atoms. The molecule has 1 heterocycles. The fourth-order valence-electron chi connectivity index (χ4n) is 1.77. The van der Waals surface area contributed by atoms with Crippen LogP contribution in [0.15, 0.2) is 18.2 Å². The summed E-state index contributed by atoms with van der Waals surface area (Å²) in [5.41, 5.74) is 1.13. The summed E-state index contributed by atoms with van der Waals surface area (Å²) < 4.78 is 0. The first kappa shape index (κ1) is 10.8. The highest BCUT2D eigenvalue weighted by atomic mass is 35.5. The zero-order chi connectivity index (χ0) is 10.7. The Kier molecular flexibility index (Phi) is 3.49. The molecule has 0 amide bonds. The summed E-state index contributed by atoms with van der Waals surface area (Å²) in [6, 6.07) is 5.76. The molecule has 2 rings (SSSR count). The van der Waals surface area contributed by atoms with E-state index in [-0.39, 0.29) is 0 Å². The molecule has 3 heteroatoms. The van der Waals surface area contributed by atoms with Gasteiger partial charge in [0.2, 0.25) is 0 Å². The maximum atomic E-state index is 5.94. The van der Waals surface area contributed by atoms with Crippen LogP contribution in [0.1, 0.15) is 24.8 Å². The van der Waals surface area contributed by atoms with E-state index < -0.39 is 0 Å². The minimum Gasteiger partial charge on any atom is -0.406 e. The molecule has 1 aromatic rings. The number of benzene rings is 1. The van der Waals surface area contributed by atoms with Crippen LogP contribution in [0.2, 0.25) is 5.02 Å². The summed E-state index contributed by atoms with van der Waals surface area (Å²) in [7, 11) is 0. The first-order valence-electron chi connectivity index (χ1n) is 5.45. The summed E-state index contributed by atoms with van der Waals surface area (Å²) in [6.07, 6.45) is 3.76. The molecule has 1 fully saturated rings. The molecule has 0 N–H and O–H groups in total. The van der Waals surface area contributed by atoms with E-state index in [0.29, 0.717) is 0 Å². The summed E-state index contributed by atoms with van der Waals surface area (Å²) in [5, 5.41) is 2.76. The fourth-order valence-corrected chi connectivity index (χ4v) is 1.93. The highest BCUT2D eigenvalue weighted by Crippen LogP contribution is 2.24. The predicted octanol–water partition coefficient (Wildman–Crippen LogP) is 3.43. The van der Waals surface area contributed by atoms with Gasteiger partial charge in [-0.15, -0.1) is 5.06 Å². The second-order valence-electron chi connectivity index (χ2n) is 3.99. The SMILES string of the molecule is Cc1ccc(Cl)cc1ON1CCCCC1. The zero-order valence-corrected chi connectivity index (χ0v) is 9.76. The second-order valence-corrected chi connectivity index (χ2v) is 4.43. The smallest absolute Gasteiger partial charge is 0.151 e. The lowest BCUT2D eigenvalue weighted by Crippen LogP contribution is -2.33. The van der Waals surface area contributed by atoms with E-state index in [2.05, 4.69) is 0 Å². The Labute approximate surface area is 95.7 Å². The largest absolute Gasteiger partial charge is 0.406 e. The zero-order valence-electron chi connectivity index (χ0n) is 9.00. The molecule has 1 aliphatic heterocycles. The van der Waals surface area contributed by atoms with Gasteiger partial charge in [-0.25, -0.2) is 0 Å². The van der Waals surface area contributed by atoms with Crippen molar-refractivity contribution >= 4 is 11.6 Å². The minimum absolute atomic E-state index is 0.729. The fraction of sp³-hybridized carbons (Fsp3) is 0.500. The number of nitrogens with zero attached hydrogens (tertiary/aromatic N) is 1. The van der Waals surface area contributed by atoms with E-state index in [0.717, 1.165) is 29.4 Å². The molecule has 0 atom stereocenters. The summed E-state index contributed by atoms with van der Waals surface area (Å²) in [6.45, 7) is 4.08. The third kappa shape index (κ3) is 2.86. The lowest BCUT2D eigenvalue weighted by Gasteiger charge is -2.26. The monoisotopic (exact) mass is 225 g/mol. The highest BCUT2D eigenvalue weighted by Gasteiger charge is 2.12. The van der Waals surface area contributed by atoms with Gasteiger partial charge in [0.15, 0.2) is 5.75 Å². The number of rotatable bonds is 2. The van der Waals surface area contributed by atoms with Crippen molar-refractivity contribution in [2.75, 3.05) is 13.1 Å². The molecular weight excluding hydrogens is 210 g/mol. The maximum Gasteiger partial charge on any atom is 0.151 e. The van der Waals surface area contributed by atoms with Crippen LogP contribution in [0.4, 0.5) is 0 Å². The second kappa shape index (κ2) is 4.86. The minimum atomic E-state index is 0.729. The van der Waals surface area contributed by atoms with Gasteiger partial charge in [0.05, 0.1) is 0 Å². The van der Waals surface area contributed by atoms with Crippen LogP contribution in [0.5, 0.6) is 5.75 Å². The van der Waals surface area contributed by atoms with E-state index in [1.165, 1.54) is 19.3 Å². The first-order valence-corrected chi connectivity index (χ1v) is 5.82. The molecule has 0 aliphatic carbocycles. The molecule has 0 bridgehead atoms. The standard InChI is InChI=1S/C12H16ClNO/c1-10-5-6-11(13)9-12(10)15-14-7-3-2-4-8-14/h5-6,9H,2-4,7-8H2,1H3. The molecular formula is C12H16ClNO. The van der Waals surface area contributed by atoms with Crippen LogP contribution >= 0.6 is 11.6 Å². The Bertz CT molecular complexity index is 334. The van der Waals surface area contributed by atoms with Gasteiger partial charge in [-0.2, -0.15) is 0 Å². The Morgan fingerprint density at radius 2 is 1.93 bits per heavy atom. The highest BCUT2D eigenvalue weighted by molar-refractivity contribution is 6.30. The molecule has 1 aromatic carbocycles. The Morgan fingerprint density at radius 1 is 1.20 bits per heavy atom. The first-order chi connectivity index (χ1) is 7.25.